The van der Waals surface area contributed by atoms with Gasteiger partial charge in [0.2, 0.25) is 0 Å². The van der Waals surface area contributed by atoms with Crippen LogP contribution in [0, 0.1) is 0 Å². The monoisotopic (exact) mass is 254 g/mol. The maximum atomic E-state index is 11.7. The Bertz CT molecular complexity index is 360. The van der Waals surface area contributed by atoms with Crippen molar-refractivity contribution in [3.63, 3.8) is 0 Å². The van der Waals surface area contributed by atoms with Crippen LogP contribution in [-0.2, 0) is 6.54 Å². The summed E-state index contributed by atoms with van der Waals surface area (Å²) in [6.07, 6.45) is 1.61. The fourth-order valence-electron chi connectivity index (χ4n) is 1.60. The predicted molar refractivity (Wildman–Crippen MR) is 69.2 cm³/mol. The molecule has 0 unspecified atom stereocenters. The van der Waals surface area contributed by atoms with Crippen molar-refractivity contribution >= 4 is 5.91 Å². The lowest BCUT2D eigenvalue weighted by molar-refractivity contribution is 0.0944. The molecule has 0 aromatic carbocycles. The molecule has 0 saturated carbocycles. The van der Waals surface area contributed by atoms with E-state index < -0.39 is 0 Å². The van der Waals surface area contributed by atoms with E-state index in [9.17, 15) is 4.79 Å². The molecule has 1 aromatic rings. The Hall–Kier alpha value is -1.47. The first-order chi connectivity index (χ1) is 8.71. The molecule has 7 nitrogen and oxygen atoms in total. The van der Waals surface area contributed by atoms with Crippen LogP contribution in [0.15, 0.2) is 6.20 Å². The molecule has 0 aliphatic carbocycles. The number of aromatic nitrogens is 3. The number of likely N-dealkylation sites (N-methyl/N-ethyl adjacent to an activating group) is 1. The molecule has 1 aromatic heterocycles. The molecule has 3 N–H and O–H groups in total. The number of rotatable bonds is 8. The van der Waals surface area contributed by atoms with Gasteiger partial charge < -0.3 is 16.0 Å². The Balaban J connectivity index is 2.35. The summed E-state index contributed by atoms with van der Waals surface area (Å²) in [6.45, 7) is 8.68. The lowest BCUT2D eigenvalue weighted by Crippen LogP contribution is -2.34. The van der Waals surface area contributed by atoms with E-state index in [1.165, 1.54) is 0 Å². The molecule has 0 bridgehead atoms. The minimum absolute atomic E-state index is 0.189. The molecule has 0 saturated heterocycles. The highest BCUT2D eigenvalue weighted by molar-refractivity contribution is 5.91. The summed E-state index contributed by atoms with van der Waals surface area (Å²) in [5.41, 5.74) is 5.73. The molecule has 0 atom stereocenters. The Kier molecular flexibility index (Phi) is 6.31. The van der Waals surface area contributed by atoms with Gasteiger partial charge in [-0.1, -0.05) is 19.1 Å². The Labute approximate surface area is 107 Å². The van der Waals surface area contributed by atoms with Crippen LogP contribution in [0.4, 0.5) is 0 Å². The number of nitrogens with two attached hydrogens (primary N) is 1. The van der Waals surface area contributed by atoms with Crippen molar-refractivity contribution in [1.29, 1.82) is 0 Å². The summed E-state index contributed by atoms with van der Waals surface area (Å²) < 4.78 is 1.57. The molecule has 0 fully saturated rings. The first-order valence-corrected chi connectivity index (χ1v) is 6.32. The van der Waals surface area contributed by atoms with E-state index >= 15 is 0 Å². The molecular weight excluding hydrogens is 232 g/mol. The first kappa shape index (κ1) is 14.6. The summed E-state index contributed by atoms with van der Waals surface area (Å²) in [5.74, 6) is -0.189. The van der Waals surface area contributed by atoms with Crippen molar-refractivity contribution in [2.24, 2.45) is 5.73 Å². The number of hydrogen-bond acceptors (Lipinski definition) is 5. The van der Waals surface area contributed by atoms with Crippen molar-refractivity contribution < 1.29 is 4.79 Å². The largest absolute Gasteiger partial charge is 0.349 e. The van der Waals surface area contributed by atoms with E-state index in [2.05, 4.69) is 34.4 Å². The number of amides is 1. The summed E-state index contributed by atoms with van der Waals surface area (Å²) in [7, 11) is 0. The fourth-order valence-corrected chi connectivity index (χ4v) is 1.60. The van der Waals surface area contributed by atoms with Gasteiger partial charge in [0, 0.05) is 19.6 Å². The summed E-state index contributed by atoms with van der Waals surface area (Å²) in [5, 5.41) is 10.4. The van der Waals surface area contributed by atoms with Crippen LogP contribution in [0.2, 0.25) is 0 Å². The molecule has 0 radical (unpaired) electrons. The topological polar surface area (TPSA) is 89.1 Å². The third-order valence-electron chi connectivity index (χ3n) is 2.74. The van der Waals surface area contributed by atoms with E-state index in [-0.39, 0.29) is 5.91 Å². The van der Waals surface area contributed by atoms with E-state index in [1.54, 1.807) is 10.9 Å². The third-order valence-corrected chi connectivity index (χ3v) is 2.74. The molecule has 102 valence electrons. The highest BCUT2D eigenvalue weighted by Gasteiger charge is 2.10. The smallest absolute Gasteiger partial charge is 0.273 e. The average Bonchev–Trinajstić information content (AvgIpc) is 2.83. The third kappa shape index (κ3) is 4.42. The number of nitrogens with one attached hydrogen (secondary N) is 1. The molecule has 1 rings (SSSR count). The van der Waals surface area contributed by atoms with E-state index in [1.807, 2.05) is 0 Å². The molecule has 0 spiro atoms. The van der Waals surface area contributed by atoms with Crippen LogP contribution in [0.25, 0.3) is 0 Å². The Morgan fingerprint density at radius 2 is 2.22 bits per heavy atom. The van der Waals surface area contributed by atoms with Crippen LogP contribution in [-0.4, -0.2) is 58.5 Å². The van der Waals surface area contributed by atoms with E-state index in [0.717, 1.165) is 19.6 Å². The van der Waals surface area contributed by atoms with Crippen molar-refractivity contribution in [3.8, 4) is 0 Å². The minimum Gasteiger partial charge on any atom is -0.349 e. The van der Waals surface area contributed by atoms with Crippen LogP contribution in [0.1, 0.15) is 24.3 Å². The second-order valence-corrected chi connectivity index (χ2v) is 3.94. The van der Waals surface area contributed by atoms with Gasteiger partial charge in [0.15, 0.2) is 5.69 Å². The molecule has 1 amide bonds. The lowest BCUT2D eigenvalue weighted by Gasteiger charge is -2.17. The van der Waals surface area contributed by atoms with Crippen LogP contribution >= 0.6 is 0 Å². The molecular formula is C11H22N6O. The van der Waals surface area contributed by atoms with E-state index in [4.69, 9.17) is 5.73 Å². The summed E-state index contributed by atoms with van der Waals surface area (Å²) in [4.78, 5) is 14.0. The van der Waals surface area contributed by atoms with Gasteiger partial charge in [-0.3, -0.25) is 9.48 Å². The number of hydrogen-bond donors (Lipinski definition) is 2. The number of carbonyl (C=O) groups is 1. The molecule has 0 aliphatic rings. The Morgan fingerprint density at radius 3 is 2.83 bits per heavy atom. The lowest BCUT2D eigenvalue weighted by atomic mass is 10.4. The van der Waals surface area contributed by atoms with Crippen molar-refractivity contribution in [1.82, 2.24) is 25.2 Å². The Morgan fingerprint density at radius 1 is 1.50 bits per heavy atom. The normalized spacial score (nSPS) is 10.9. The fraction of sp³-hybridized carbons (Fsp3) is 0.727. The van der Waals surface area contributed by atoms with Crippen LogP contribution in [0.5, 0.6) is 0 Å². The predicted octanol–water partition coefficient (Wildman–Crippen LogP) is -0.692. The minimum atomic E-state index is -0.189. The van der Waals surface area contributed by atoms with E-state index in [0.29, 0.717) is 25.3 Å². The SMILES string of the molecule is CCN(CC)CCNC(=O)c1cn(CCN)nn1. The maximum Gasteiger partial charge on any atom is 0.273 e. The first-order valence-electron chi connectivity index (χ1n) is 6.32. The van der Waals surface area contributed by atoms with Gasteiger partial charge >= 0.3 is 0 Å². The van der Waals surface area contributed by atoms with Crippen LogP contribution < -0.4 is 11.1 Å². The highest BCUT2D eigenvalue weighted by Crippen LogP contribution is 1.93. The van der Waals surface area contributed by atoms with Gasteiger partial charge in [-0.25, -0.2) is 0 Å². The molecule has 0 aliphatic heterocycles. The second-order valence-electron chi connectivity index (χ2n) is 3.94. The van der Waals surface area contributed by atoms with Gasteiger partial charge in [-0.05, 0) is 13.1 Å². The molecule has 7 heteroatoms. The van der Waals surface area contributed by atoms with Crippen LogP contribution in [0.3, 0.4) is 0 Å². The number of nitrogens with zero attached hydrogens (tertiary/aromatic N) is 4. The van der Waals surface area contributed by atoms with Gasteiger partial charge in [0.25, 0.3) is 5.91 Å². The zero-order valence-electron chi connectivity index (χ0n) is 11.1. The molecule has 1 heterocycles. The number of carbonyl (C=O) groups excluding carboxylic acids is 1. The van der Waals surface area contributed by atoms with Gasteiger partial charge in [0.1, 0.15) is 0 Å². The summed E-state index contributed by atoms with van der Waals surface area (Å²) in [6, 6.07) is 0. The standard InChI is InChI=1S/C11H22N6O/c1-3-16(4-2)8-6-13-11(18)10-9-17(7-5-12)15-14-10/h9H,3-8,12H2,1-2H3,(H,13,18). The average molecular weight is 254 g/mol. The zero-order chi connectivity index (χ0) is 13.4. The van der Waals surface area contributed by atoms with Gasteiger partial charge in [0.05, 0.1) is 12.7 Å². The van der Waals surface area contributed by atoms with Crippen molar-refractivity contribution in [2.75, 3.05) is 32.7 Å². The highest BCUT2D eigenvalue weighted by atomic mass is 16.2. The summed E-state index contributed by atoms with van der Waals surface area (Å²) >= 11 is 0. The van der Waals surface area contributed by atoms with Crippen molar-refractivity contribution in [2.45, 2.75) is 20.4 Å². The zero-order valence-corrected chi connectivity index (χ0v) is 11.1. The van der Waals surface area contributed by atoms with Gasteiger partial charge in [-0.2, -0.15) is 0 Å². The molecule has 18 heavy (non-hydrogen) atoms. The maximum absolute atomic E-state index is 11.7. The van der Waals surface area contributed by atoms with Gasteiger partial charge in [-0.15, -0.1) is 5.10 Å². The second kappa shape index (κ2) is 7.78. The quantitative estimate of drug-likeness (QED) is 0.641. The van der Waals surface area contributed by atoms with Crippen molar-refractivity contribution in [3.05, 3.63) is 11.9 Å².